The van der Waals surface area contributed by atoms with E-state index in [1.807, 2.05) is 6.92 Å². The molecule has 0 aromatic heterocycles. The van der Waals surface area contributed by atoms with Crippen LogP contribution in [0.25, 0.3) is 0 Å². The van der Waals surface area contributed by atoms with E-state index in [9.17, 15) is 18.0 Å². The minimum atomic E-state index is -4.28. The molecular weight excluding hydrogens is 589 g/mol. The van der Waals surface area contributed by atoms with E-state index in [1.54, 1.807) is 43.3 Å². The molecule has 220 valence electrons. The number of carbonyl (C=O) groups is 2. The SMILES string of the molecule is CCCNC(=O)[C@@H](C)N(Cc1ccc(Cl)cc1Cl)C(=O)CN(c1ccccc1OC)S(=O)(=O)c1ccc(OC)cc1. The third-order valence-electron chi connectivity index (χ3n) is 6.35. The molecule has 3 aromatic rings. The lowest BCUT2D eigenvalue weighted by Gasteiger charge is -2.32. The van der Waals surface area contributed by atoms with Crippen molar-refractivity contribution in [3.8, 4) is 11.5 Å². The number of nitrogens with one attached hydrogen (secondary N) is 1. The van der Waals surface area contributed by atoms with Crippen molar-refractivity contribution in [1.82, 2.24) is 10.2 Å². The molecule has 0 aliphatic heterocycles. The van der Waals surface area contributed by atoms with E-state index < -0.39 is 28.5 Å². The maximum absolute atomic E-state index is 14.0. The summed E-state index contributed by atoms with van der Waals surface area (Å²) in [5.74, 6) is -0.287. The number of halogens is 2. The minimum Gasteiger partial charge on any atom is -0.497 e. The van der Waals surface area contributed by atoms with Crippen molar-refractivity contribution in [2.75, 3.05) is 31.6 Å². The quantitative estimate of drug-likeness (QED) is 0.283. The van der Waals surface area contributed by atoms with Gasteiger partial charge >= 0.3 is 0 Å². The monoisotopic (exact) mass is 621 g/mol. The Hall–Kier alpha value is -3.47. The lowest BCUT2D eigenvalue weighted by Crippen LogP contribution is -2.51. The third-order valence-corrected chi connectivity index (χ3v) is 8.71. The largest absolute Gasteiger partial charge is 0.497 e. The van der Waals surface area contributed by atoms with Gasteiger partial charge in [0.05, 0.1) is 24.8 Å². The molecule has 0 radical (unpaired) electrons. The van der Waals surface area contributed by atoms with Gasteiger partial charge in [-0.3, -0.25) is 13.9 Å². The highest BCUT2D eigenvalue weighted by Crippen LogP contribution is 2.33. The highest BCUT2D eigenvalue weighted by Gasteiger charge is 2.34. The number of ether oxygens (including phenoxy) is 2. The first kappa shape index (κ1) is 32.0. The van der Waals surface area contributed by atoms with Gasteiger partial charge in [-0.1, -0.05) is 48.3 Å². The standard InChI is InChI=1S/C29H33Cl2N3O6S/c1-5-16-32-29(36)20(2)33(18-21-10-11-22(30)17-25(21)31)28(35)19-34(26-8-6-7-9-27(26)40-4)41(37,38)24-14-12-23(39-3)13-15-24/h6-15,17,20H,5,16,18-19H2,1-4H3,(H,32,36)/t20-/m1/s1. The second-order valence-corrected chi connectivity index (χ2v) is 11.8. The van der Waals surface area contributed by atoms with Gasteiger partial charge in [-0.15, -0.1) is 0 Å². The zero-order valence-electron chi connectivity index (χ0n) is 23.3. The number of methoxy groups -OCH3 is 2. The zero-order chi connectivity index (χ0) is 30.2. The van der Waals surface area contributed by atoms with Crippen molar-refractivity contribution >= 4 is 50.7 Å². The second kappa shape index (κ2) is 14.4. The highest BCUT2D eigenvalue weighted by atomic mass is 35.5. The maximum Gasteiger partial charge on any atom is 0.264 e. The molecule has 0 heterocycles. The molecule has 0 spiro atoms. The Morgan fingerprint density at radius 1 is 0.976 bits per heavy atom. The zero-order valence-corrected chi connectivity index (χ0v) is 25.6. The van der Waals surface area contributed by atoms with Crippen LogP contribution in [0.1, 0.15) is 25.8 Å². The Morgan fingerprint density at radius 3 is 2.27 bits per heavy atom. The minimum absolute atomic E-state index is 0.0574. The fourth-order valence-corrected chi connectivity index (χ4v) is 5.93. The van der Waals surface area contributed by atoms with Gasteiger partial charge in [-0.2, -0.15) is 0 Å². The van der Waals surface area contributed by atoms with Crippen molar-refractivity contribution < 1.29 is 27.5 Å². The summed E-state index contributed by atoms with van der Waals surface area (Å²) < 4.78 is 39.6. The summed E-state index contributed by atoms with van der Waals surface area (Å²) in [6.07, 6.45) is 0.705. The van der Waals surface area contributed by atoms with Crippen LogP contribution < -0.4 is 19.1 Å². The summed E-state index contributed by atoms with van der Waals surface area (Å²) >= 11 is 12.5. The molecule has 0 saturated carbocycles. The second-order valence-electron chi connectivity index (χ2n) is 9.08. The number of amides is 2. The van der Waals surface area contributed by atoms with Crippen molar-refractivity contribution in [1.29, 1.82) is 0 Å². The Balaban J connectivity index is 2.08. The van der Waals surface area contributed by atoms with E-state index in [0.717, 1.165) is 4.31 Å². The van der Waals surface area contributed by atoms with Crippen LogP contribution in [0, 0.1) is 0 Å². The Kier molecular flexibility index (Phi) is 11.3. The van der Waals surface area contributed by atoms with Crippen LogP contribution in [0.15, 0.2) is 71.6 Å². The molecular formula is C29H33Cl2N3O6S. The van der Waals surface area contributed by atoms with Crippen LogP contribution in [0.2, 0.25) is 10.0 Å². The van der Waals surface area contributed by atoms with Gasteiger partial charge in [-0.25, -0.2) is 8.42 Å². The molecule has 9 nitrogen and oxygen atoms in total. The molecule has 2 amide bonds. The Morgan fingerprint density at radius 2 is 1.66 bits per heavy atom. The smallest absolute Gasteiger partial charge is 0.264 e. The first-order valence-electron chi connectivity index (χ1n) is 12.8. The number of rotatable bonds is 13. The Labute approximate surface area is 251 Å². The number of sulfonamides is 1. The Bertz CT molecular complexity index is 1470. The summed E-state index contributed by atoms with van der Waals surface area (Å²) in [5, 5.41) is 3.52. The number of carbonyl (C=O) groups excluding carboxylic acids is 2. The topological polar surface area (TPSA) is 105 Å². The summed E-state index contributed by atoms with van der Waals surface area (Å²) in [6, 6.07) is 16.2. The van der Waals surface area contributed by atoms with Crippen LogP contribution in [0.3, 0.4) is 0 Å². The van der Waals surface area contributed by atoms with Crippen molar-refractivity contribution in [3.05, 3.63) is 82.3 Å². The average molecular weight is 623 g/mol. The van der Waals surface area contributed by atoms with Gasteiger partial charge in [0.15, 0.2) is 0 Å². The van der Waals surface area contributed by atoms with E-state index in [4.69, 9.17) is 32.7 Å². The molecule has 0 aliphatic rings. The number of nitrogens with zero attached hydrogens (tertiary/aromatic N) is 2. The first-order chi connectivity index (χ1) is 19.5. The fraction of sp³-hybridized carbons (Fsp3) is 0.310. The van der Waals surface area contributed by atoms with Gasteiger partial charge in [0.2, 0.25) is 11.8 Å². The predicted octanol–water partition coefficient (Wildman–Crippen LogP) is 5.15. The van der Waals surface area contributed by atoms with Gasteiger partial charge < -0.3 is 19.7 Å². The van der Waals surface area contributed by atoms with Crippen LogP contribution in [-0.4, -0.2) is 58.5 Å². The summed E-state index contributed by atoms with van der Waals surface area (Å²) in [6.45, 7) is 3.24. The molecule has 0 unspecified atom stereocenters. The summed E-state index contributed by atoms with van der Waals surface area (Å²) in [4.78, 5) is 28.2. The average Bonchev–Trinajstić information content (AvgIpc) is 2.97. The summed E-state index contributed by atoms with van der Waals surface area (Å²) in [7, 11) is -1.40. The van der Waals surface area contributed by atoms with Crippen LogP contribution >= 0.6 is 23.2 Å². The van der Waals surface area contributed by atoms with Crippen molar-refractivity contribution in [2.45, 2.75) is 37.8 Å². The van der Waals surface area contributed by atoms with E-state index in [2.05, 4.69) is 5.32 Å². The van der Waals surface area contributed by atoms with E-state index >= 15 is 0 Å². The van der Waals surface area contributed by atoms with Crippen LogP contribution in [0.4, 0.5) is 5.69 Å². The molecule has 3 rings (SSSR count). The highest BCUT2D eigenvalue weighted by molar-refractivity contribution is 7.92. The molecule has 12 heteroatoms. The lowest BCUT2D eigenvalue weighted by atomic mass is 10.1. The van der Waals surface area contributed by atoms with Gasteiger partial charge in [0, 0.05) is 23.1 Å². The van der Waals surface area contributed by atoms with Gasteiger partial charge in [-0.05, 0) is 67.4 Å². The maximum atomic E-state index is 14.0. The third kappa shape index (κ3) is 7.84. The van der Waals surface area contributed by atoms with E-state index in [-0.39, 0.29) is 28.8 Å². The number of hydrogen-bond donors (Lipinski definition) is 1. The van der Waals surface area contributed by atoms with Crippen molar-refractivity contribution in [2.24, 2.45) is 0 Å². The molecule has 3 aromatic carbocycles. The molecule has 0 bridgehead atoms. The predicted molar refractivity (Wildman–Crippen MR) is 160 cm³/mol. The molecule has 0 fully saturated rings. The first-order valence-corrected chi connectivity index (χ1v) is 15.0. The fourth-order valence-electron chi connectivity index (χ4n) is 4.04. The van der Waals surface area contributed by atoms with Crippen molar-refractivity contribution in [3.63, 3.8) is 0 Å². The van der Waals surface area contributed by atoms with Gasteiger partial charge in [0.25, 0.3) is 10.0 Å². The number of benzene rings is 3. The van der Waals surface area contributed by atoms with Crippen LogP contribution in [0.5, 0.6) is 11.5 Å². The summed E-state index contributed by atoms with van der Waals surface area (Å²) in [5.41, 5.74) is 0.702. The van der Waals surface area contributed by atoms with Crippen LogP contribution in [-0.2, 0) is 26.2 Å². The molecule has 1 N–H and O–H groups in total. The molecule has 1 atom stereocenters. The number of anilines is 1. The number of para-hydroxylation sites is 2. The normalized spacial score (nSPS) is 11.9. The van der Waals surface area contributed by atoms with E-state index in [0.29, 0.717) is 34.3 Å². The van der Waals surface area contributed by atoms with Gasteiger partial charge in [0.1, 0.15) is 24.1 Å². The molecule has 41 heavy (non-hydrogen) atoms. The molecule has 0 saturated heterocycles. The molecule has 0 aliphatic carbocycles. The lowest BCUT2D eigenvalue weighted by molar-refractivity contribution is -0.139. The van der Waals surface area contributed by atoms with E-state index in [1.165, 1.54) is 49.5 Å². The number of hydrogen-bond acceptors (Lipinski definition) is 6.